The number of fused-ring (bicyclic) bond motifs is 7. The second-order valence-corrected chi connectivity index (χ2v) is 33.6. The van der Waals surface area contributed by atoms with Gasteiger partial charge in [-0.15, -0.1) is 5.10 Å². The van der Waals surface area contributed by atoms with Crippen LogP contribution in [0.1, 0.15) is 204 Å². The normalized spacial score (nSPS) is 22.9. The van der Waals surface area contributed by atoms with Gasteiger partial charge in [-0.1, -0.05) is 84.6 Å². The van der Waals surface area contributed by atoms with Gasteiger partial charge in [0.05, 0.1) is 88.3 Å². The molecule has 0 saturated heterocycles. The van der Waals surface area contributed by atoms with E-state index in [0.29, 0.717) is 102 Å². The Morgan fingerprint density at radius 3 is 1.79 bits per heavy atom. The highest BCUT2D eigenvalue weighted by Gasteiger charge is 2.59. The number of aryl methyl sites for hydroxylation is 2. The smallest absolute Gasteiger partial charge is 0.312 e. The zero-order chi connectivity index (χ0) is 82.1. The lowest BCUT2D eigenvalue weighted by Crippen LogP contribution is -2.60. The molecule has 628 valence electrons. The van der Waals surface area contributed by atoms with Gasteiger partial charge in [-0.25, -0.2) is 9.48 Å². The molecule has 2 fully saturated rings. The molecule has 5 aliphatic rings. The number of aliphatic hydroxyl groups excluding tert-OH is 1. The van der Waals surface area contributed by atoms with Crippen molar-refractivity contribution in [3.05, 3.63) is 70.0 Å². The van der Waals surface area contributed by atoms with Crippen molar-refractivity contribution < 1.29 is 94.8 Å². The van der Waals surface area contributed by atoms with E-state index >= 15 is 0 Å². The van der Waals surface area contributed by atoms with Crippen molar-refractivity contribution in [2.75, 3.05) is 96.8 Å². The number of carbonyl (C=O) groups excluding carboxylic acids is 10. The van der Waals surface area contributed by atoms with E-state index in [1.54, 1.807) is 30.7 Å². The second kappa shape index (κ2) is 42.4. The zero-order valence-electron chi connectivity index (χ0n) is 66.6. The first kappa shape index (κ1) is 90.3. The van der Waals surface area contributed by atoms with Gasteiger partial charge in [0, 0.05) is 38.7 Å². The maximum atomic E-state index is 14.9. The molecule has 0 spiro atoms. The summed E-state index contributed by atoms with van der Waals surface area (Å²) >= 11 is 0. The standard InChI is InChI=1S/C79H121N13O20S/c1-50(2)67(88-70(99)58(84-51(3)94)16-11-12-33-81-66(97)49-112-62-19-10-8-9-18-61-68(62)90-91-92(61)36-38-109-40-42-111-44-43-110-41-39-108-37-28-65(96)82-35-45-113(105,106)107)72(101)86-59(17-13-34-83-75(80)104)69(98)87-60(48-93)71(100)85-54-24-20-52-22-26-63-76(4,56(52)46-54)29-14-31-78(63,6)73(102)89-74(103)79(7)32-15-30-77(5)57-47-55(95)25-21-53(57)23-27-64(77)79/h20-21,24-25,46-47,50,58-60,62-64,67,93,95H,8-19,22-23,26-45,48-49H2,1-7H3,(H,81,97)(H,82,96)(H,84,94)(H,85,100)(H,86,101)(H,87,98)(H,88,99)(H3,80,83,104)(H,89,102,103)(H,105,106,107)/t58-,59+,60+,62?,63-,64-,67+,76-,77-,78+,79+/m1/s1. The Morgan fingerprint density at radius 1 is 0.611 bits per heavy atom. The van der Waals surface area contributed by atoms with E-state index in [9.17, 15) is 66.6 Å². The summed E-state index contributed by atoms with van der Waals surface area (Å²) in [6.07, 6.45) is 11.8. The Hall–Kier alpha value is -8.25. The minimum atomic E-state index is -4.15. The van der Waals surface area contributed by atoms with Gasteiger partial charge >= 0.3 is 6.03 Å². The van der Waals surface area contributed by atoms with Crippen LogP contribution in [0.15, 0.2) is 36.4 Å². The number of aliphatic hydroxyl groups is 1. The number of aromatic nitrogens is 3. The fourth-order valence-corrected chi connectivity index (χ4v) is 17.9. The molecule has 1 aromatic heterocycles. The number of benzene rings is 2. The second-order valence-electron chi connectivity index (χ2n) is 32.0. The predicted molar refractivity (Wildman–Crippen MR) is 416 cm³/mol. The lowest BCUT2D eigenvalue weighted by Gasteiger charge is -2.56. The third kappa shape index (κ3) is 25.1. The van der Waals surface area contributed by atoms with Crippen LogP contribution in [0.3, 0.4) is 0 Å². The molecular formula is C79H121N13O20S. The number of unbranched alkanes of at least 4 members (excludes halogenated alkanes) is 1. The number of imide groups is 1. The summed E-state index contributed by atoms with van der Waals surface area (Å²) in [5, 5.41) is 54.4. The fraction of sp³-hybridized carbons (Fsp3) is 0.696. The number of carbonyl (C=O) groups is 10. The summed E-state index contributed by atoms with van der Waals surface area (Å²) in [5.74, 6) is -6.05. The summed E-state index contributed by atoms with van der Waals surface area (Å²) in [6.45, 7) is 14.7. The van der Waals surface area contributed by atoms with E-state index < -0.39 is 116 Å². The van der Waals surface area contributed by atoms with Crippen LogP contribution in [0, 0.1) is 28.6 Å². The molecule has 33 nitrogen and oxygen atoms in total. The van der Waals surface area contributed by atoms with E-state index in [1.165, 1.54) is 12.5 Å². The molecule has 0 bridgehead atoms. The van der Waals surface area contributed by atoms with Crippen LogP contribution in [0.2, 0.25) is 0 Å². The maximum Gasteiger partial charge on any atom is 0.312 e. The fourth-order valence-electron chi connectivity index (χ4n) is 17.5. The number of nitrogens with one attached hydrogen (secondary N) is 9. The Kier molecular flexibility index (Phi) is 33.9. The summed E-state index contributed by atoms with van der Waals surface area (Å²) < 4.78 is 60.4. The van der Waals surface area contributed by atoms with Gasteiger partial charge in [0.15, 0.2) is 0 Å². The van der Waals surface area contributed by atoms with E-state index in [-0.39, 0.29) is 112 Å². The van der Waals surface area contributed by atoms with Gasteiger partial charge in [0.2, 0.25) is 53.2 Å². The Balaban J connectivity index is 0.776. The Labute approximate surface area is 662 Å². The number of aromatic hydroxyl groups is 1. The number of primary amides is 1. The molecule has 8 rings (SSSR count). The first-order valence-electron chi connectivity index (χ1n) is 40.1. The summed E-state index contributed by atoms with van der Waals surface area (Å²) in [6, 6.07) is 5.05. The molecule has 113 heavy (non-hydrogen) atoms. The lowest BCUT2D eigenvalue weighted by molar-refractivity contribution is -0.150. The van der Waals surface area contributed by atoms with Crippen molar-refractivity contribution in [1.82, 2.24) is 57.5 Å². The molecule has 2 aromatic carbocycles. The summed E-state index contributed by atoms with van der Waals surface area (Å²) in [5.41, 5.74) is 8.91. The Morgan fingerprint density at radius 2 is 1.18 bits per heavy atom. The van der Waals surface area contributed by atoms with Gasteiger partial charge in [0.1, 0.15) is 48.3 Å². The van der Waals surface area contributed by atoms with Crippen LogP contribution in [0.4, 0.5) is 10.5 Å². The monoisotopic (exact) mass is 1600 g/mol. The molecule has 0 aliphatic heterocycles. The highest BCUT2D eigenvalue weighted by Crippen LogP contribution is 2.60. The quantitative estimate of drug-likeness (QED) is 0.0217. The number of amides is 11. The molecule has 11 atom stereocenters. The van der Waals surface area contributed by atoms with Crippen molar-refractivity contribution >= 4 is 75.0 Å². The zero-order valence-corrected chi connectivity index (χ0v) is 67.5. The van der Waals surface area contributed by atoms with Crippen molar-refractivity contribution in [2.24, 2.45) is 34.3 Å². The van der Waals surface area contributed by atoms with Gasteiger partial charge < -0.3 is 82.2 Å². The van der Waals surface area contributed by atoms with Crippen molar-refractivity contribution in [3.8, 4) is 5.75 Å². The molecular weight excluding hydrogens is 1480 g/mol. The average Bonchev–Trinajstić information content (AvgIpc) is 0.920. The number of nitrogens with zero attached hydrogens (tertiary/aromatic N) is 3. The topological polar surface area (TPSA) is 477 Å². The van der Waals surface area contributed by atoms with E-state index in [0.717, 1.165) is 80.2 Å². The highest BCUT2D eigenvalue weighted by atomic mass is 32.2. The van der Waals surface area contributed by atoms with Crippen LogP contribution in [0.5, 0.6) is 5.75 Å². The summed E-state index contributed by atoms with van der Waals surface area (Å²) in [7, 11) is -4.15. The molecule has 11 amide bonds. The van der Waals surface area contributed by atoms with Gasteiger partial charge in [-0.3, -0.25) is 53.0 Å². The SMILES string of the molecule is CC(=O)N[C@H](CCCCNC(=O)COC1CCCCCc2c1nnn2CCOCCOCCOCCOCCC(=O)NCCS(=O)(=O)O)C(=O)N[C@H](C(=O)N[C@@H](CCCNC(N)=O)C(=O)N[C@@H](CO)C(=O)Nc1ccc2c(c1)[C@@]1(C)CCC[C@](C)(C(=O)NC(=O)[C@@]3(C)CCC[C@]4(C)c5cc(O)ccc5CC[C@@H]34)[C@@H]1CC2)C(C)C. The van der Waals surface area contributed by atoms with Gasteiger partial charge in [-0.05, 0) is 178 Å². The number of phenols is 1. The minimum Gasteiger partial charge on any atom is -0.508 e. The van der Waals surface area contributed by atoms with Gasteiger partial charge in [-0.2, -0.15) is 8.42 Å². The summed E-state index contributed by atoms with van der Waals surface area (Å²) in [4.78, 5) is 136. The number of urea groups is 1. The van der Waals surface area contributed by atoms with Crippen LogP contribution in [-0.2, 0) is 114 Å². The number of nitrogens with two attached hydrogens (primary N) is 1. The van der Waals surface area contributed by atoms with Crippen molar-refractivity contribution in [1.29, 1.82) is 0 Å². The van der Waals surface area contributed by atoms with Crippen LogP contribution in [0.25, 0.3) is 0 Å². The lowest BCUT2D eigenvalue weighted by atomic mass is 9.49. The number of rotatable bonds is 43. The molecule has 3 aromatic rings. The first-order chi connectivity index (χ1) is 53.8. The van der Waals surface area contributed by atoms with E-state index in [4.69, 9.17) is 34.0 Å². The molecule has 5 aliphatic carbocycles. The van der Waals surface area contributed by atoms with Crippen LogP contribution in [-0.4, -0.2) is 213 Å². The number of hydrogen-bond donors (Lipinski definition) is 13. The number of hydrogen-bond acceptors (Lipinski definition) is 21. The largest absolute Gasteiger partial charge is 0.508 e. The van der Waals surface area contributed by atoms with Gasteiger partial charge in [0.25, 0.3) is 10.1 Å². The van der Waals surface area contributed by atoms with E-state index in [2.05, 4.69) is 72.0 Å². The van der Waals surface area contributed by atoms with Crippen molar-refractivity contribution in [3.63, 3.8) is 0 Å². The molecule has 34 heteroatoms. The molecule has 0 radical (unpaired) electrons. The average molecular weight is 1600 g/mol. The van der Waals surface area contributed by atoms with E-state index in [1.807, 2.05) is 38.1 Å². The third-order valence-corrected chi connectivity index (χ3v) is 24.2. The number of phenolic OH excluding ortho intramolecular Hbond substituents is 1. The van der Waals surface area contributed by atoms with Crippen LogP contribution >= 0.6 is 0 Å². The maximum absolute atomic E-state index is 14.9. The highest BCUT2D eigenvalue weighted by molar-refractivity contribution is 7.85. The minimum absolute atomic E-state index is 0.0129. The predicted octanol–water partition coefficient (Wildman–Crippen LogP) is 3.96. The molecule has 14 N–H and O–H groups in total. The molecule has 2 saturated carbocycles. The van der Waals surface area contributed by atoms with Crippen LogP contribution < -0.4 is 53.6 Å². The first-order valence-corrected chi connectivity index (χ1v) is 41.7. The molecule has 1 unspecified atom stereocenters. The third-order valence-electron chi connectivity index (χ3n) is 23.5. The molecule has 1 heterocycles. The number of ether oxygens (including phenoxy) is 5. The Bertz CT molecular complexity index is 3900. The number of anilines is 1. The van der Waals surface area contributed by atoms with Crippen molar-refractivity contribution in [2.45, 2.75) is 231 Å².